The molecule has 0 aromatic heterocycles. The first kappa shape index (κ1) is 15.6. The number of hydrogen-bond acceptors (Lipinski definition) is 1. The van der Waals surface area contributed by atoms with E-state index in [2.05, 4.69) is 42.6 Å². The third-order valence-electron chi connectivity index (χ3n) is 4.69. The van der Waals surface area contributed by atoms with Crippen LogP contribution in [0.3, 0.4) is 0 Å². The van der Waals surface area contributed by atoms with Crippen LogP contribution in [-0.2, 0) is 6.42 Å². The zero-order valence-corrected chi connectivity index (χ0v) is 13.1. The largest absolute Gasteiger partial charge is 0.317 e. The summed E-state index contributed by atoms with van der Waals surface area (Å²) in [6.45, 7) is 4.83. The zero-order valence-electron chi connectivity index (χ0n) is 13.1. The standard InChI is InChI=1S/C19H31N/c1-17-8-7-12-19(16-17)13-15-20-14-6-5-11-18-9-3-2-4-10-18/h2-4,9-10,17,19-20H,5-8,11-16H2,1H3. The molecule has 1 aromatic rings. The third-order valence-corrected chi connectivity index (χ3v) is 4.69. The molecule has 0 spiro atoms. The molecule has 0 amide bonds. The minimum Gasteiger partial charge on any atom is -0.317 e. The first-order chi connectivity index (χ1) is 9.84. The van der Waals surface area contributed by atoms with Gasteiger partial charge < -0.3 is 5.32 Å². The van der Waals surface area contributed by atoms with Crippen molar-refractivity contribution < 1.29 is 0 Å². The minimum absolute atomic E-state index is 0.972. The van der Waals surface area contributed by atoms with Crippen molar-refractivity contribution in [3.05, 3.63) is 35.9 Å². The maximum absolute atomic E-state index is 3.63. The first-order valence-corrected chi connectivity index (χ1v) is 8.59. The van der Waals surface area contributed by atoms with Gasteiger partial charge in [0.25, 0.3) is 0 Å². The molecule has 2 atom stereocenters. The molecule has 1 aliphatic carbocycles. The smallest absolute Gasteiger partial charge is 0.00463 e. The summed E-state index contributed by atoms with van der Waals surface area (Å²) < 4.78 is 0. The monoisotopic (exact) mass is 273 g/mol. The highest BCUT2D eigenvalue weighted by atomic mass is 14.8. The molecule has 112 valence electrons. The molecule has 1 N–H and O–H groups in total. The van der Waals surface area contributed by atoms with Gasteiger partial charge in [-0.3, -0.25) is 0 Å². The number of benzene rings is 1. The fourth-order valence-corrected chi connectivity index (χ4v) is 3.48. The summed E-state index contributed by atoms with van der Waals surface area (Å²) >= 11 is 0. The average molecular weight is 273 g/mol. The van der Waals surface area contributed by atoms with Gasteiger partial charge in [0.15, 0.2) is 0 Å². The third kappa shape index (κ3) is 6.09. The Bertz CT molecular complexity index is 346. The van der Waals surface area contributed by atoms with E-state index in [9.17, 15) is 0 Å². The summed E-state index contributed by atoms with van der Waals surface area (Å²) in [6.07, 6.45) is 11.1. The molecule has 0 heterocycles. The van der Waals surface area contributed by atoms with Crippen LogP contribution < -0.4 is 5.32 Å². The van der Waals surface area contributed by atoms with E-state index < -0.39 is 0 Å². The van der Waals surface area contributed by atoms with Crippen molar-refractivity contribution in [2.75, 3.05) is 13.1 Å². The van der Waals surface area contributed by atoms with Crippen LogP contribution in [0.5, 0.6) is 0 Å². The summed E-state index contributed by atoms with van der Waals surface area (Å²) in [5.41, 5.74) is 1.48. The minimum atomic E-state index is 0.972. The fourth-order valence-electron chi connectivity index (χ4n) is 3.48. The maximum Gasteiger partial charge on any atom is -0.00463 e. The molecule has 20 heavy (non-hydrogen) atoms. The number of nitrogens with one attached hydrogen (secondary N) is 1. The van der Waals surface area contributed by atoms with Crippen molar-refractivity contribution in [3.8, 4) is 0 Å². The predicted molar refractivity (Wildman–Crippen MR) is 88.0 cm³/mol. The van der Waals surface area contributed by atoms with E-state index in [4.69, 9.17) is 0 Å². The van der Waals surface area contributed by atoms with Crippen molar-refractivity contribution in [3.63, 3.8) is 0 Å². The predicted octanol–water partition coefficient (Wildman–Crippen LogP) is 4.82. The van der Waals surface area contributed by atoms with Crippen LogP contribution in [0, 0.1) is 11.8 Å². The van der Waals surface area contributed by atoms with Gasteiger partial charge in [0.05, 0.1) is 0 Å². The Morgan fingerprint density at radius 2 is 1.90 bits per heavy atom. The van der Waals surface area contributed by atoms with Gasteiger partial charge in [-0.25, -0.2) is 0 Å². The summed E-state index contributed by atoms with van der Waals surface area (Å²) in [7, 11) is 0. The van der Waals surface area contributed by atoms with Crippen molar-refractivity contribution in [1.82, 2.24) is 5.32 Å². The Morgan fingerprint density at radius 3 is 2.70 bits per heavy atom. The lowest BCUT2D eigenvalue weighted by atomic mass is 9.81. The molecule has 0 radical (unpaired) electrons. The summed E-state index contributed by atoms with van der Waals surface area (Å²) in [5.74, 6) is 1.97. The zero-order chi connectivity index (χ0) is 14.0. The molecular weight excluding hydrogens is 242 g/mol. The van der Waals surface area contributed by atoms with Crippen molar-refractivity contribution in [2.24, 2.45) is 11.8 Å². The highest BCUT2D eigenvalue weighted by molar-refractivity contribution is 5.14. The van der Waals surface area contributed by atoms with Crippen LogP contribution >= 0.6 is 0 Å². The lowest BCUT2D eigenvalue weighted by molar-refractivity contribution is 0.267. The van der Waals surface area contributed by atoms with E-state index in [1.54, 1.807) is 0 Å². The Kier molecular flexibility index (Phi) is 7.14. The summed E-state index contributed by atoms with van der Waals surface area (Å²) in [4.78, 5) is 0. The van der Waals surface area contributed by atoms with Crippen molar-refractivity contribution in [2.45, 2.75) is 58.3 Å². The SMILES string of the molecule is CC1CCCC(CCNCCCCc2ccccc2)C1. The lowest BCUT2D eigenvalue weighted by Crippen LogP contribution is -2.22. The van der Waals surface area contributed by atoms with E-state index in [0.29, 0.717) is 0 Å². The van der Waals surface area contributed by atoms with E-state index in [1.807, 2.05) is 0 Å². The van der Waals surface area contributed by atoms with Gasteiger partial charge in [0.1, 0.15) is 0 Å². The van der Waals surface area contributed by atoms with Crippen LogP contribution in [0.25, 0.3) is 0 Å². The van der Waals surface area contributed by atoms with Gasteiger partial charge in [0, 0.05) is 0 Å². The van der Waals surface area contributed by atoms with E-state index in [-0.39, 0.29) is 0 Å². The number of unbranched alkanes of at least 4 members (excludes halogenated alkanes) is 1. The van der Waals surface area contributed by atoms with E-state index >= 15 is 0 Å². The van der Waals surface area contributed by atoms with Gasteiger partial charge >= 0.3 is 0 Å². The van der Waals surface area contributed by atoms with Crippen molar-refractivity contribution >= 4 is 0 Å². The topological polar surface area (TPSA) is 12.0 Å². The Hall–Kier alpha value is -0.820. The average Bonchev–Trinajstić information content (AvgIpc) is 2.47. The maximum atomic E-state index is 3.63. The highest BCUT2D eigenvalue weighted by Crippen LogP contribution is 2.30. The Balaban J connectivity index is 1.44. The fraction of sp³-hybridized carbons (Fsp3) is 0.684. The molecule has 1 heteroatoms. The molecule has 0 saturated heterocycles. The van der Waals surface area contributed by atoms with Crippen LogP contribution in [0.15, 0.2) is 30.3 Å². The van der Waals surface area contributed by atoms with Crippen LogP contribution in [-0.4, -0.2) is 13.1 Å². The number of aryl methyl sites for hydroxylation is 1. The molecule has 1 aliphatic rings. The lowest BCUT2D eigenvalue weighted by Gasteiger charge is -2.26. The molecule has 2 rings (SSSR count). The van der Waals surface area contributed by atoms with Gasteiger partial charge in [-0.15, -0.1) is 0 Å². The van der Waals surface area contributed by atoms with Gasteiger partial charge in [-0.2, -0.15) is 0 Å². The van der Waals surface area contributed by atoms with Crippen LogP contribution in [0.4, 0.5) is 0 Å². The highest BCUT2D eigenvalue weighted by Gasteiger charge is 2.17. The number of rotatable bonds is 8. The van der Waals surface area contributed by atoms with Crippen LogP contribution in [0.2, 0.25) is 0 Å². The van der Waals surface area contributed by atoms with E-state index in [0.717, 1.165) is 11.8 Å². The normalized spacial score (nSPS) is 22.9. The molecule has 1 aromatic carbocycles. The quantitative estimate of drug-likeness (QED) is 0.670. The molecule has 0 aliphatic heterocycles. The van der Waals surface area contributed by atoms with Gasteiger partial charge in [-0.1, -0.05) is 56.5 Å². The summed E-state index contributed by atoms with van der Waals surface area (Å²) in [5, 5.41) is 3.63. The second-order valence-electron chi connectivity index (χ2n) is 6.62. The Morgan fingerprint density at radius 1 is 1.05 bits per heavy atom. The van der Waals surface area contributed by atoms with Gasteiger partial charge in [0.2, 0.25) is 0 Å². The molecule has 1 nitrogen and oxygen atoms in total. The van der Waals surface area contributed by atoms with Crippen LogP contribution in [0.1, 0.15) is 57.4 Å². The molecule has 2 unspecified atom stereocenters. The molecular formula is C19H31N. The van der Waals surface area contributed by atoms with Gasteiger partial charge in [-0.05, 0) is 62.6 Å². The molecule has 0 bridgehead atoms. The second kappa shape index (κ2) is 9.18. The molecule has 1 saturated carbocycles. The van der Waals surface area contributed by atoms with E-state index in [1.165, 1.54) is 70.0 Å². The Labute approximate surface area is 125 Å². The second-order valence-corrected chi connectivity index (χ2v) is 6.62. The number of hydrogen-bond donors (Lipinski definition) is 1. The first-order valence-electron chi connectivity index (χ1n) is 8.59. The summed E-state index contributed by atoms with van der Waals surface area (Å²) in [6, 6.07) is 10.8. The van der Waals surface area contributed by atoms with Crippen molar-refractivity contribution in [1.29, 1.82) is 0 Å². The molecule has 1 fully saturated rings.